The number of benzene rings is 1. The molecule has 0 radical (unpaired) electrons. The van der Waals surface area contributed by atoms with Gasteiger partial charge in [-0.05, 0) is 19.1 Å². The summed E-state index contributed by atoms with van der Waals surface area (Å²) in [5.74, 6) is 0. The van der Waals surface area contributed by atoms with Crippen molar-refractivity contribution < 1.29 is 0 Å². The van der Waals surface area contributed by atoms with Gasteiger partial charge >= 0.3 is 0 Å². The third kappa shape index (κ3) is 2.48. The zero-order valence-corrected chi connectivity index (χ0v) is 11.0. The molecule has 0 fully saturated rings. The number of halogens is 2. The molecule has 0 aliphatic rings. The topological polar surface area (TPSA) is 24.9 Å². The molecule has 0 aliphatic carbocycles. The summed E-state index contributed by atoms with van der Waals surface area (Å²) in [6.07, 6.45) is 0. The van der Waals surface area contributed by atoms with Gasteiger partial charge in [-0.1, -0.05) is 29.3 Å². The molecule has 0 saturated carbocycles. The summed E-state index contributed by atoms with van der Waals surface area (Å²) in [4.78, 5) is 5.38. The molecule has 0 saturated heterocycles. The van der Waals surface area contributed by atoms with Crippen molar-refractivity contribution in [2.75, 3.05) is 5.32 Å². The zero-order valence-electron chi connectivity index (χ0n) is 8.63. The van der Waals surface area contributed by atoms with Gasteiger partial charge in [0.05, 0.1) is 33.5 Å². The molecule has 84 valence electrons. The Morgan fingerprint density at radius 3 is 2.56 bits per heavy atom. The summed E-state index contributed by atoms with van der Waals surface area (Å²) in [5.41, 5.74) is 3.65. The molecule has 2 rings (SSSR count). The Bertz CT molecular complexity index is 476. The Hall–Kier alpha value is -0.770. The van der Waals surface area contributed by atoms with Crippen molar-refractivity contribution in [2.24, 2.45) is 0 Å². The first-order valence-corrected chi connectivity index (χ1v) is 6.39. The zero-order chi connectivity index (χ0) is 11.5. The number of hydrogen-bond donors (Lipinski definition) is 1. The predicted octanol–water partition coefficient (Wildman–Crippen LogP) is 4.37. The Kier molecular flexibility index (Phi) is 3.69. The van der Waals surface area contributed by atoms with Crippen LogP contribution in [0.15, 0.2) is 23.7 Å². The maximum atomic E-state index is 6.05. The van der Waals surface area contributed by atoms with E-state index in [1.54, 1.807) is 11.3 Å². The molecule has 0 spiro atoms. The fourth-order valence-corrected chi connectivity index (χ4v) is 2.58. The van der Waals surface area contributed by atoms with Crippen LogP contribution >= 0.6 is 34.5 Å². The third-order valence-electron chi connectivity index (χ3n) is 2.23. The van der Waals surface area contributed by atoms with Crippen molar-refractivity contribution in [2.45, 2.75) is 13.5 Å². The van der Waals surface area contributed by atoms with Crippen LogP contribution in [0.25, 0.3) is 0 Å². The van der Waals surface area contributed by atoms with E-state index in [1.165, 1.54) is 4.88 Å². The van der Waals surface area contributed by atoms with Gasteiger partial charge in [-0.2, -0.15) is 0 Å². The molecule has 0 atom stereocenters. The van der Waals surface area contributed by atoms with Gasteiger partial charge in [-0.3, -0.25) is 0 Å². The number of para-hydroxylation sites is 1. The molecule has 0 unspecified atom stereocenters. The number of rotatable bonds is 3. The highest BCUT2D eigenvalue weighted by molar-refractivity contribution is 7.09. The van der Waals surface area contributed by atoms with Gasteiger partial charge in [0, 0.05) is 4.88 Å². The molecule has 1 N–H and O–H groups in total. The van der Waals surface area contributed by atoms with E-state index in [4.69, 9.17) is 23.2 Å². The minimum atomic E-state index is 0.634. The lowest BCUT2D eigenvalue weighted by Gasteiger charge is -2.09. The average molecular weight is 273 g/mol. The molecule has 1 aromatic carbocycles. The second-order valence-corrected chi connectivity index (χ2v) is 5.06. The minimum Gasteiger partial charge on any atom is -0.378 e. The van der Waals surface area contributed by atoms with Crippen LogP contribution in [0, 0.1) is 6.92 Å². The number of hydrogen-bond acceptors (Lipinski definition) is 3. The minimum absolute atomic E-state index is 0.634. The highest BCUT2D eigenvalue weighted by Gasteiger charge is 2.06. The van der Waals surface area contributed by atoms with Gasteiger partial charge in [0.1, 0.15) is 0 Å². The molecule has 0 bridgehead atoms. The smallest absolute Gasteiger partial charge is 0.0798 e. The number of nitrogens with one attached hydrogen (secondary N) is 1. The van der Waals surface area contributed by atoms with Crippen LogP contribution in [0.3, 0.4) is 0 Å². The Morgan fingerprint density at radius 1 is 1.31 bits per heavy atom. The lowest BCUT2D eigenvalue weighted by Crippen LogP contribution is -2.00. The Labute approximate surface area is 108 Å². The first-order valence-electron chi connectivity index (χ1n) is 4.75. The monoisotopic (exact) mass is 272 g/mol. The van der Waals surface area contributed by atoms with Gasteiger partial charge < -0.3 is 5.32 Å². The van der Waals surface area contributed by atoms with Gasteiger partial charge in [-0.25, -0.2) is 4.98 Å². The fraction of sp³-hybridized carbons (Fsp3) is 0.182. The highest BCUT2D eigenvalue weighted by Crippen LogP contribution is 2.30. The lowest BCUT2D eigenvalue weighted by molar-refractivity contribution is 1.12. The molecular weight excluding hydrogens is 263 g/mol. The van der Waals surface area contributed by atoms with E-state index in [-0.39, 0.29) is 0 Å². The largest absolute Gasteiger partial charge is 0.378 e. The van der Waals surface area contributed by atoms with E-state index in [9.17, 15) is 0 Å². The Balaban J connectivity index is 2.14. The molecule has 0 aliphatic heterocycles. The van der Waals surface area contributed by atoms with Crippen LogP contribution in [-0.4, -0.2) is 4.98 Å². The molecule has 0 amide bonds. The average Bonchev–Trinajstić information content (AvgIpc) is 2.64. The summed E-state index contributed by atoms with van der Waals surface area (Å²) >= 11 is 13.7. The molecular formula is C11H10Cl2N2S. The highest BCUT2D eigenvalue weighted by atomic mass is 35.5. The molecule has 16 heavy (non-hydrogen) atoms. The van der Waals surface area contributed by atoms with Crippen molar-refractivity contribution in [1.82, 2.24) is 4.98 Å². The second kappa shape index (κ2) is 5.04. The van der Waals surface area contributed by atoms with Crippen LogP contribution in [0.2, 0.25) is 10.0 Å². The normalized spacial score (nSPS) is 10.4. The summed E-state index contributed by atoms with van der Waals surface area (Å²) < 4.78 is 0. The van der Waals surface area contributed by atoms with Crippen molar-refractivity contribution in [3.8, 4) is 0 Å². The van der Waals surface area contributed by atoms with Crippen molar-refractivity contribution in [1.29, 1.82) is 0 Å². The van der Waals surface area contributed by atoms with Gasteiger partial charge in [-0.15, -0.1) is 11.3 Å². The second-order valence-electron chi connectivity index (χ2n) is 3.31. The summed E-state index contributed by atoms with van der Waals surface area (Å²) in [5, 5.41) is 4.50. The summed E-state index contributed by atoms with van der Waals surface area (Å²) in [7, 11) is 0. The number of thiazole rings is 1. The van der Waals surface area contributed by atoms with E-state index < -0.39 is 0 Å². The molecule has 5 heteroatoms. The number of anilines is 1. The third-order valence-corrected chi connectivity index (χ3v) is 3.80. The van der Waals surface area contributed by atoms with E-state index in [0.717, 1.165) is 11.4 Å². The molecule has 1 heterocycles. The van der Waals surface area contributed by atoms with E-state index in [1.807, 2.05) is 30.6 Å². The van der Waals surface area contributed by atoms with Crippen molar-refractivity contribution in [3.63, 3.8) is 0 Å². The van der Waals surface area contributed by atoms with Crippen LogP contribution in [0.4, 0.5) is 5.69 Å². The number of aryl methyl sites for hydroxylation is 1. The first-order chi connectivity index (χ1) is 7.68. The molecule has 1 aromatic heterocycles. The van der Waals surface area contributed by atoms with Crippen LogP contribution in [0.5, 0.6) is 0 Å². The summed E-state index contributed by atoms with van der Waals surface area (Å²) in [6, 6.07) is 5.46. The fourth-order valence-electron chi connectivity index (χ4n) is 1.33. The lowest BCUT2D eigenvalue weighted by atomic mass is 10.3. The number of nitrogens with zero attached hydrogens (tertiary/aromatic N) is 1. The van der Waals surface area contributed by atoms with Crippen LogP contribution in [0.1, 0.15) is 10.6 Å². The van der Waals surface area contributed by atoms with E-state index >= 15 is 0 Å². The van der Waals surface area contributed by atoms with E-state index in [2.05, 4.69) is 10.3 Å². The first kappa shape index (κ1) is 11.7. The Morgan fingerprint density at radius 2 is 2.00 bits per heavy atom. The number of aromatic nitrogens is 1. The van der Waals surface area contributed by atoms with Crippen molar-refractivity contribution >= 4 is 40.2 Å². The molecule has 2 aromatic rings. The van der Waals surface area contributed by atoms with Crippen molar-refractivity contribution in [3.05, 3.63) is 44.3 Å². The van der Waals surface area contributed by atoms with E-state index in [0.29, 0.717) is 16.6 Å². The van der Waals surface area contributed by atoms with Crippen LogP contribution < -0.4 is 5.32 Å². The predicted molar refractivity (Wildman–Crippen MR) is 70.6 cm³/mol. The molecule has 2 nitrogen and oxygen atoms in total. The SMILES string of the molecule is Cc1ncsc1CNc1c(Cl)cccc1Cl. The van der Waals surface area contributed by atoms with Crippen LogP contribution in [-0.2, 0) is 6.54 Å². The quantitative estimate of drug-likeness (QED) is 0.898. The van der Waals surface area contributed by atoms with Gasteiger partial charge in [0.15, 0.2) is 0 Å². The maximum Gasteiger partial charge on any atom is 0.0798 e. The van der Waals surface area contributed by atoms with Gasteiger partial charge in [0.25, 0.3) is 0 Å². The van der Waals surface area contributed by atoms with Gasteiger partial charge in [0.2, 0.25) is 0 Å². The summed E-state index contributed by atoms with van der Waals surface area (Å²) in [6.45, 7) is 2.68. The standard InChI is InChI=1S/C11H10Cl2N2S/c1-7-10(16-6-15-7)5-14-11-8(12)3-2-4-9(11)13/h2-4,6,14H,5H2,1H3. The maximum absolute atomic E-state index is 6.05.